The van der Waals surface area contributed by atoms with Gasteiger partial charge in [-0.1, -0.05) is 76.8 Å². The highest BCUT2D eigenvalue weighted by atomic mass is 32.2. The molecule has 1 aliphatic carbocycles. The summed E-state index contributed by atoms with van der Waals surface area (Å²) in [5.74, 6) is 1.85. The molecule has 0 unspecified atom stereocenters. The zero-order valence-electron chi connectivity index (χ0n) is 19.2. The number of benzene rings is 1. The van der Waals surface area contributed by atoms with Gasteiger partial charge in [-0.25, -0.2) is 0 Å². The highest BCUT2D eigenvalue weighted by Crippen LogP contribution is 2.36. The summed E-state index contributed by atoms with van der Waals surface area (Å²) in [6, 6.07) is 8.35. The number of carbonyl (C=O) groups is 1. The van der Waals surface area contributed by atoms with Gasteiger partial charge >= 0.3 is 5.97 Å². The van der Waals surface area contributed by atoms with Crippen molar-refractivity contribution in [2.75, 3.05) is 12.2 Å². The maximum absolute atomic E-state index is 12.5. The molecule has 0 heterocycles. The molecule has 1 aromatic carbocycles. The third-order valence-corrected chi connectivity index (χ3v) is 6.45. The standard InChI is InChI=1S/C26H42O3S/c1-3-4-5-6-7-8-9-10-11-19-26(27)29-25-18-13-12-17-24(25)22-15-14-16-23(20-22)28-21-30-2/h14-16,20,24-25H,3-13,17-19,21H2,1-2H3/t24-,25+/m1/s1. The van der Waals surface area contributed by atoms with E-state index >= 15 is 0 Å². The molecule has 30 heavy (non-hydrogen) atoms. The molecule has 0 spiro atoms. The molecule has 0 saturated heterocycles. The second-order valence-corrected chi connectivity index (χ2v) is 9.43. The smallest absolute Gasteiger partial charge is 0.306 e. The van der Waals surface area contributed by atoms with E-state index in [-0.39, 0.29) is 12.1 Å². The average molecular weight is 435 g/mol. The van der Waals surface area contributed by atoms with Crippen LogP contribution in [-0.2, 0) is 9.53 Å². The monoisotopic (exact) mass is 434 g/mol. The maximum atomic E-state index is 12.5. The molecule has 1 aromatic rings. The molecule has 0 aliphatic heterocycles. The van der Waals surface area contributed by atoms with Gasteiger partial charge in [0.1, 0.15) is 17.8 Å². The second kappa shape index (κ2) is 15.6. The Morgan fingerprint density at radius 1 is 1.00 bits per heavy atom. The van der Waals surface area contributed by atoms with Crippen molar-refractivity contribution in [3.8, 4) is 5.75 Å². The van der Waals surface area contributed by atoms with E-state index in [1.165, 1.54) is 56.9 Å². The van der Waals surface area contributed by atoms with E-state index in [4.69, 9.17) is 9.47 Å². The summed E-state index contributed by atoms with van der Waals surface area (Å²) in [7, 11) is 0. The van der Waals surface area contributed by atoms with Crippen LogP contribution in [0, 0.1) is 0 Å². The molecule has 1 aliphatic rings. The summed E-state index contributed by atoms with van der Waals surface area (Å²) < 4.78 is 11.7. The lowest BCUT2D eigenvalue weighted by Crippen LogP contribution is -2.28. The lowest BCUT2D eigenvalue weighted by atomic mass is 9.81. The van der Waals surface area contributed by atoms with Crippen LogP contribution >= 0.6 is 11.8 Å². The van der Waals surface area contributed by atoms with Crippen LogP contribution in [0.2, 0.25) is 0 Å². The molecule has 0 aromatic heterocycles. The Kier molecular flexibility index (Phi) is 13.1. The Hall–Kier alpha value is -1.16. The topological polar surface area (TPSA) is 35.5 Å². The van der Waals surface area contributed by atoms with E-state index in [0.717, 1.165) is 37.9 Å². The minimum absolute atomic E-state index is 0.00960. The first-order chi connectivity index (χ1) is 14.7. The van der Waals surface area contributed by atoms with Gasteiger partial charge in [-0.15, -0.1) is 11.8 Å². The predicted octanol–water partition coefficient (Wildman–Crippen LogP) is 7.88. The first-order valence-corrected chi connectivity index (χ1v) is 13.5. The quantitative estimate of drug-likeness (QED) is 0.160. The number of esters is 1. The lowest BCUT2D eigenvalue weighted by Gasteiger charge is -2.31. The molecular formula is C26H42O3S. The molecule has 0 N–H and O–H groups in total. The molecule has 2 rings (SSSR count). The van der Waals surface area contributed by atoms with Crippen molar-refractivity contribution in [3.05, 3.63) is 29.8 Å². The first kappa shape index (κ1) is 25.1. The van der Waals surface area contributed by atoms with E-state index in [2.05, 4.69) is 25.1 Å². The predicted molar refractivity (Wildman–Crippen MR) is 128 cm³/mol. The Balaban J connectivity index is 1.71. The van der Waals surface area contributed by atoms with Gasteiger partial charge in [0.2, 0.25) is 0 Å². The SMILES string of the molecule is CCCCCCCCCCCC(=O)O[C@H]1CCCC[C@@H]1c1cccc(OCSC)c1. The van der Waals surface area contributed by atoms with Crippen molar-refractivity contribution in [2.24, 2.45) is 0 Å². The molecule has 1 fully saturated rings. The number of carbonyl (C=O) groups excluding carboxylic acids is 1. The zero-order chi connectivity index (χ0) is 21.4. The van der Waals surface area contributed by atoms with Crippen LogP contribution in [0.25, 0.3) is 0 Å². The average Bonchev–Trinajstić information content (AvgIpc) is 2.77. The number of ether oxygens (including phenoxy) is 2. The van der Waals surface area contributed by atoms with Crippen LogP contribution in [0.4, 0.5) is 0 Å². The van der Waals surface area contributed by atoms with E-state index < -0.39 is 0 Å². The molecule has 170 valence electrons. The second-order valence-electron chi connectivity index (χ2n) is 8.62. The fourth-order valence-electron chi connectivity index (χ4n) is 4.39. The fraction of sp³-hybridized carbons (Fsp3) is 0.731. The summed E-state index contributed by atoms with van der Waals surface area (Å²) in [6.07, 6.45) is 18.4. The summed E-state index contributed by atoms with van der Waals surface area (Å²) >= 11 is 1.67. The van der Waals surface area contributed by atoms with Gasteiger partial charge in [-0.3, -0.25) is 4.79 Å². The molecule has 4 heteroatoms. The van der Waals surface area contributed by atoms with Gasteiger partial charge < -0.3 is 9.47 Å². The normalized spacial score (nSPS) is 18.9. The van der Waals surface area contributed by atoms with Crippen LogP contribution < -0.4 is 4.74 Å². The third kappa shape index (κ3) is 9.76. The van der Waals surface area contributed by atoms with Gasteiger partial charge in [0.25, 0.3) is 0 Å². The van der Waals surface area contributed by atoms with E-state index in [0.29, 0.717) is 18.3 Å². The van der Waals surface area contributed by atoms with Crippen molar-refractivity contribution in [3.63, 3.8) is 0 Å². The Labute approximate surface area is 188 Å². The van der Waals surface area contributed by atoms with Crippen LogP contribution in [0.15, 0.2) is 24.3 Å². The van der Waals surface area contributed by atoms with Crippen molar-refractivity contribution in [2.45, 2.75) is 109 Å². The maximum Gasteiger partial charge on any atom is 0.306 e. The first-order valence-electron chi connectivity index (χ1n) is 12.2. The van der Waals surface area contributed by atoms with Crippen LogP contribution in [0.1, 0.15) is 108 Å². The number of rotatable bonds is 15. The van der Waals surface area contributed by atoms with Gasteiger partial charge in [0.05, 0.1) is 0 Å². The summed E-state index contributed by atoms with van der Waals surface area (Å²) in [4.78, 5) is 12.5. The Morgan fingerprint density at radius 2 is 1.70 bits per heavy atom. The molecule has 0 radical (unpaired) electrons. The molecule has 0 amide bonds. The minimum Gasteiger partial charge on any atom is -0.483 e. The number of hydrogen-bond acceptors (Lipinski definition) is 4. The van der Waals surface area contributed by atoms with Crippen LogP contribution in [0.5, 0.6) is 5.75 Å². The van der Waals surface area contributed by atoms with Crippen molar-refractivity contribution in [1.29, 1.82) is 0 Å². The van der Waals surface area contributed by atoms with Crippen molar-refractivity contribution >= 4 is 17.7 Å². The van der Waals surface area contributed by atoms with E-state index in [9.17, 15) is 4.79 Å². The van der Waals surface area contributed by atoms with Crippen molar-refractivity contribution in [1.82, 2.24) is 0 Å². The molecule has 1 saturated carbocycles. The van der Waals surface area contributed by atoms with Gasteiger partial charge in [-0.2, -0.15) is 0 Å². The molecule has 0 bridgehead atoms. The summed E-state index contributed by atoms with van der Waals surface area (Å²) in [5.41, 5.74) is 1.24. The van der Waals surface area contributed by atoms with Crippen LogP contribution in [-0.4, -0.2) is 24.3 Å². The van der Waals surface area contributed by atoms with Crippen LogP contribution in [0.3, 0.4) is 0 Å². The van der Waals surface area contributed by atoms with Gasteiger partial charge in [-0.05, 0) is 49.6 Å². The molecule has 3 nitrogen and oxygen atoms in total. The zero-order valence-corrected chi connectivity index (χ0v) is 20.0. The molecule has 2 atom stereocenters. The Morgan fingerprint density at radius 3 is 2.43 bits per heavy atom. The summed E-state index contributed by atoms with van der Waals surface area (Å²) in [5, 5.41) is 0. The van der Waals surface area contributed by atoms with E-state index in [1.54, 1.807) is 11.8 Å². The molecular weight excluding hydrogens is 392 g/mol. The highest BCUT2D eigenvalue weighted by Gasteiger charge is 2.29. The number of unbranched alkanes of at least 4 members (excludes halogenated alkanes) is 8. The highest BCUT2D eigenvalue weighted by molar-refractivity contribution is 7.98. The van der Waals surface area contributed by atoms with E-state index in [1.807, 2.05) is 12.3 Å². The minimum atomic E-state index is -0.00960. The lowest BCUT2D eigenvalue weighted by molar-refractivity contribution is -0.151. The Bertz CT molecular complexity index is 589. The van der Waals surface area contributed by atoms with Gasteiger partial charge in [0, 0.05) is 12.3 Å². The van der Waals surface area contributed by atoms with Gasteiger partial charge in [0.15, 0.2) is 0 Å². The third-order valence-electron chi connectivity index (χ3n) is 6.10. The fourth-order valence-corrected chi connectivity index (χ4v) is 4.64. The largest absolute Gasteiger partial charge is 0.483 e. The summed E-state index contributed by atoms with van der Waals surface area (Å²) in [6.45, 7) is 2.26. The van der Waals surface area contributed by atoms with Crippen molar-refractivity contribution < 1.29 is 14.3 Å². The number of thioether (sulfide) groups is 1. The number of hydrogen-bond donors (Lipinski definition) is 0.